The first-order valence-corrected chi connectivity index (χ1v) is 7.42. The van der Waals surface area contributed by atoms with Crippen LogP contribution in [0.1, 0.15) is 38.4 Å². The van der Waals surface area contributed by atoms with E-state index in [0.29, 0.717) is 18.8 Å². The molecule has 0 heterocycles. The van der Waals surface area contributed by atoms with Gasteiger partial charge in [0.2, 0.25) is 0 Å². The highest BCUT2D eigenvalue weighted by molar-refractivity contribution is 5.40. The molecule has 0 aliphatic carbocycles. The van der Waals surface area contributed by atoms with Gasteiger partial charge < -0.3 is 14.6 Å². The average molecular weight is 286 g/mol. The molecule has 0 aliphatic heterocycles. The van der Waals surface area contributed by atoms with E-state index in [-0.39, 0.29) is 0 Å². The Bertz CT molecular complexity index is 549. The van der Waals surface area contributed by atoms with Gasteiger partial charge in [0.05, 0.1) is 12.7 Å². The molecule has 0 amide bonds. The monoisotopic (exact) mass is 286 g/mol. The summed E-state index contributed by atoms with van der Waals surface area (Å²) in [4.78, 5) is 0. The van der Waals surface area contributed by atoms with E-state index in [4.69, 9.17) is 9.47 Å². The number of ether oxygens (including phenoxy) is 2. The smallest absolute Gasteiger partial charge is 0.133 e. The zero-order chi connectivity index (χ0) is 15.1. The van der Waals surface area contributed by atoms with Crippen LogP contribution in [0.3, 0.4) is 0 Å². The number of hydrogen-bond acceptors (Lipinski definition) is 3. The Morgan fingerprint density at radius 3 is 2.29 bits per heavy atom. The molecule has 2 aromatic rings. The number of aliphatic hydroxyl groups excluding tert-OH is 1. The molecular weight excluding hydrogens is 264 g/mol. The van der Waals surface area contributed by atoms with Crippen LogP contribution in [0.5, 0.6) is 17.2 Å². The number of benzene rings is 2. The van der Waals surface area contributed by atoms with Crippen molar-refractivity contribution in [2.24, 2.45) is 0 Å². The Balaban J connectivity index is 2.11. The molecule has 1 atom stereocenters. The molecule has 0 radical (unpaired) electrons. The van der Waals surface area contributed by atoms with Crippen LogP contribution in [0, 0.1) is 0 Å². The molecule has 2 aromatic carbocycles. The van der Waals surface area contributed by atoms with Gasteiger partial charge in [0.25, 0.3) is 0 Å². The lowest BCUT2D eigenvalue weighted by Gasteiger charge is -2.15. The van der Waals surface area contributed by atoms with E-state index in [0.717, 1.165) is 23.5 Å². The van der Waals surface area contributed by atoms with Crippen molar-refractivity contribution in [3.8, 4) is 17.2 Å². The maximum atomic E-state index is 10.0. The Kier molecular flexibility index (Phi) is 5.64. The fraction of sp³-hybridized carbons (Fsp3) is 0.333. The number of aliphatic hydroxyl groups is 1. The van der Waals surface area contributed by atoms with E-state index in [2.05, 4.69) is 6.92 Å². The molecule has 0 aliphatic rings. The second-order valence-corrected chi connectivity index (χ2v) is 4.88. The van der Waals surface area contributed by atoms with E-state index < -0.39 is 6.10 Å². The third-order valence-corrected chi connectivity index (χ3v) is 3.19. The van der Waals surface area contributed by atoms with Gasteiger partial charge in [-0.3, -0.25) is 0 Å². The van der Waals surface area contributed by atoms with Gasteiger partial charge in [-0.05, 0) is 43.2 Å². The SMILES string of the molecule is CCCOc1ccc(Oc2ccccc2[C@H](O)CC)cc1. The summed E-state index contributed by atoms with van der Waals surface area (Å²) in [5.41, 5.74) is 0.811. The second-order valence-electron chi connectivity index (χ2n) is 4.88. The fourth-order valence-electron chi connectivity index (χ4n) is 2.02. The lowest BCUT2D eigenvalue weighted by atomic mass is 10.1. The summed E-state index contributed by atoms with van der Waals surface area (Å²) in [5.74, 6) is 2.26. The zero-order valence-corrected chi connectivity index (χ0v) is 12.6. The Labute approximate surface area is 126 Å². The normalized spacial score (nSPS) is 12.0. The van der Waals surface area contributed by atoms with Gasteiger partial charge in [-0.2, -0.15) is 0 Å². The van der Waals surface area contributed by atoms with E-state index in [9.17, 15) is 5.11 Å². The minimum absolute atomic E-state index is 0.506. The topological polar surface area (TPSA) is 38.7 Å². The summed E-state index contributed by atoms with van der Waals surface area (Å²) in [7, 11) is 0. The van der Waals surface area contributed by atoms with E-state index in [1.165, 1.54) is 0 Å². The van der Waals surface area contributed by atoms with Crippen LogP contribution in [0.2, 0.25) is 0 Å². The van der Waals surface area contributed by atoms with Crippen LogP contribution in [-0.4, -0.2) is 11.7 Å². The Morgan fingerprint density at radius 1 is 0.952 bits per heavy atom. The molecule has 0 fully saturated rings. The predicted octanol–water partition coefficient (Wildman–Crippen LogP) is 4.71. The summed E-state index contributed by atoms with van der Waals surface area (Å²) in [6, 6.07) is 15.1. The largest absolute Gasteiger partial charge is 0.494 e. The average Bonchev–Trinajstić information content (AvgIpc) is 2.54. The minimum Gasteiger partial charge on any atom is -0.494 e. The van der Waals surface area contributed by atoms with E-state index in [1.54, 1.807) is 0 Å². The van der Waals surface area contributed by atoms with Crippen LogP contribution in [0.4, 0.5) is 0 Å². The molecule has 3 heteroatoms. The molecule has 0 saturated carbocycles. The van der Waals surface area contributed by atoms with Crippen LogP contribution >= 0.6 is 0 Å². The highest BCUT2D eigenvalue weighted by atomic mass is 16.5. The van der Waals surface area contributed by atoms with E-state index in [1.807, 2.05) is 55.5 Å². The molecule has 0 aromatic heterocycles. The summed E-state index contributed by atoms with van der Waals surface area (Å²) in [6.45, 7) is 4.74. The highest BCUT2D eigenvalue weighted by Crippen LogP contribution is 2.31. The first-order valence-electron chi connectivity index (χ1n) is 7.42. The van der Waals surface area contributed by atoms with Gasteiger partial charge in [0, 0.05) is 5.56 Å². The highest BCUT2D eigenvalue weighted by Gasteiger charge is 2.11. The molecule has 1 N–H and O–H groups in total. The first-order chi connectivity index (χ1) is 10.2. The summed E-state index contributed by atoms with van der Waals surface area (Å²) >= 11 is 0. The summed E-state index contributed by atoms with van der Waals surface area (Å²) < 4.78 is 11.4. The maximum absolute atomic E-state index is 10.0. The molecule has 21 heavy (non-hydrogen) atoms. The number of para-hydroxylation sites is 1. The van der Waals surface area contributed by atoms with Gasteiger partial charge in [0.15, 0.2) is 0 Å². The second kappa shape index (κ2) is 7.70. The summed E-state index contributed by atoms with van der Waals surface area (Å²) in [5, 5.41) is 10.0. The quantitative estimate of drug-likeness (QED) is 0.801. The molecular formula is C18H22O3. The molecule has 112 valence electrons. The van der Waals surface area contributed by atoms with E-state index >= 15 is 0 Å². The standard InChI is InChI=1S/C18H22O3/c1-3-13-20-14-9-11-15(12-10-14)21-18-8-6-5-7-16(18)17(19)4-2/h5-12,17,19H,3-4,13H2,1-2H3/t17-/m1/s1. The Hall–Kier alpha value is -2.00. The number of rotatable bonds is 7. The molecule has 2 rings (SSSR count). The molecule has 0 spiro atoms. The molecule has 3 nitrogen and oxygen atoms in total. The van der Waals surface area contributed by atoms with Crippen LogP contribution in [0.25, 0.3) is 0 Å². The number of hydrogen-bond donors (Lipinski definition) is 1. The van der Waals surface area contributed by atoms with Crippen LogP contribution in [0.15, 0.2) is 48.5 Å². The molecule has 0 saturated heterocycles. The minimum atomic E-state index is -0.506. The van der Waals surface area contributed by atoms with Gasteiger partial charge in [-0.1, -0.05) is 32.0 Å². The third kappa shape index (κ3) is 4.23. The van der Waals surface area contributed by atoms with Crippen molar-refractivity contribution in [1.82, 2.24) is 0 Å². The first kappa shape index (κ1) is 15.4. The van der Waals surface area contributed by atoms with Crippen molar-refractivity contribution in [3.05, 3.63) is 54.1 Å². The van der Waals surface area contributed by atoms with Gasteiger partial charge in [0.1, 0.15) is 17.2 Å². The molecule has 0 bridgehead atoms. The zero-order valence-electron chi connectivity index (χ0n) is 12.6. The predicted molar refractivity (Wildman–Crippen MR) is 84.0 cm³/mol. The van der Waals surface area contributed by atoms with Gasteiger partial charge in [-0.25, -0.2) is 0 Å². The van der Waals surface area contributed by atoms with Crippen molar-refractivity contribution in [2.75, 3.05) is 6.61 Å². The van der Waals surface area contributed by atoms with Crippen molar-refractivity contribution < 1.29 is 14.6 Å². The van der Waals surface area contributed by atoms with Crippen molar-refractivity contribution in [2.45, 2.75) is 32.8 Å². The van der Waals surface area contributed by atoms with Crippen molar-refractivity contribution >= 4 is 0 Å². The van der Waals surface area contributed by atoms with Crippen molar-refractivity contribution in [1.29, 1.82) is 0 Å². The van der Waals surface area contributed by atoms with Gasteiger partial charge in [-0.15, -0.1) is 0 Å². The van der Waals surface area contributed by atoms with Crippen LogP contribution in [-0.2, 0) is 0 Å². The van der Waals surface area contributed by atoms with Crippen molar-refractivity contribution in [3.63, 3.8) is 0 Å². The third-order valence-electron chi connectivity index (χ3n) is 3.19. The summed E-state index contributed by atoms with van der Waals surface area (Å²) in [6.07, 6.45) is 1.14. The fourth-order valence-corrected chi connectivity index (χ4v) is 2.02. The maximum Gasteiger partial charge on any atom is 0.133 e. The molecule has 0 unspecified atom stereocenters. The lowest BCUT2D eigenvalue weighted by molar-refractivity contribution is 0.170. The Morgan fingerprint density at radius 2 is 1.62 bits per heavy atom. The van der Waals surface area contributed by atoms with Crippen LogP contribution < -0.4 is 9.47 Å². The lowest BCUT2D eigenvalue weighted by Crippen LogP contribution is -1.98. The van der Waals surface area contributed by atoms with Gasteiger partial charge >= 0.3 is 0 Å².